The van der Waals surface area contributed by atoms with Gasteiger partial charge in [-0.05, 0) is 59.0 Å². The molecule has 1 saturated heterocycles. The predicted molar refractivity (Wildman–Crippen MR) is 60.5 cm³/mol. The van der Waals surface area contributed by atoms with Crippen molar-refractivity contribution in [1.29, 1.82) is 0 Å². The van der Waals surface area contributed by atoms with Crippen LogP contribution in [0.5, 0.6) is 0 Å². The normalized spacial score (nSPS) is 29.8. The second-order valence-corrected chi connectivity index (χ2v) is 6.01. The molecule has 0 amide bonds. The largest absolute Gasteiger partial charge is 0.312 e. The van der Waals surface area contributed by atoms with Crippen LogP contribution in [0.1, 0.15) is 40.0 Å². The summed E-state index contributed by atoms with van der Waals surface area (Å²) in [5.41, 5.74) is 0.285. The Morgan fingerprint density at radius 3 is 2.50 bits per heavy atom. The topological polar surface area (TPSA) is 15.3 Å². The van der Waals surface area contributed by atoms with Crippen LogP contribution in [0.25, 0.3) is 0 Å². The van der Waals surface area contributed by atoms with Crippen LogP contribution < -0.4 is 5.32 Å². The highest BCUT2D eigenvalue weighted by Crippen LogP contribution is 2.31. The Labute approximate surface area is 88.1 Å². The molecule has 1 aliphatic carbocycles. The summed E-state index contributed by atoms with van der Waals surface area (Å²) in [6, 6.07) is 0.967. The summed E-state index contributed by atoms with van der Waals surface area (Å²) in [6.07, 6.45) is 4.32. The average molecular weight is 196 g/mol. The zero-order valence-electron chi connectivity index (χ0n) is 9.84. The van der Waals surface area contributed by atoms with Gasteiger partial charge in [0.05, 0.1) is 0 Å². The quantitative estimate of drug-likeness (QED) is 0.741. The highest BCUT2D eigenvalue weighted by molar-refractivity contribution is 4.90. The summed E-state index contributed by atoms with van der Waals surface area (Å²) >= 11 is 0. The summed E-state index contributed by atoms with van der Waals surface area (Å²) < 4.78 is 0. The molecule has 1 atom stereocenters. The number of hydrogen-bond donors (Lipinski definition) is 1. The van der Waals surface area contributed by atoms with E-state index >= 15 is 0 Å². The first-order valence-electron chi connectivity index (χ1n) is 6.04. The van der Waals surface area contributed by atoms with Gasteiger partial charge in [-0.25, -0.2) is 0 Å². The van der Waals surface area contributed by atoms with E-state index < -0.39 is 0 Å². The predicted octanol–water partition coefficient (Wildman–Crippen LogP) is 1.86. The number of nitrogens with one attached hydrogen (secondary N) is 1. The zero-order valence-corrected chi connectivity index (χ0v) is 9.84. The minimum absolute atomic E-state index is 0.285. The Kier molecular flexibility index (Phi) is 2.85. The van der Waals surface area contributed by atoms with Gasteiger partial charge in [0.2, 0.25) is 0 Å². The van der Waals surface area contributed by atoms with E-state index in [1.807, 2.05) is 0 Å². The van der Waals surface area contributed by atoms with E-state index in [2.05, 4.69) is 31.0 Å². The molecule has 2 fully saturated rings. The lowest BCUT2D eigenvalue weighted by molar-refractivity contribution is 0.303. The van der Waals surface area contributed by atoms with E-state index in [0.29, 0.717) is 0 Å². The number of likely N-dealkylation sites (tertiary alicyclic amines) is 1. The van der Waals surface area contributed by atoms with Crippen molar-refractivity contribution in [2.75, 3.05) is 19.6 Å². The third-order valence-corrected chi connectivity index (χ3v) is 3.30. The molecule has 2 heteroatoms. The maximum absolute atomic E-state index is 3.62. The molecule has 0 aromatic heterocycles. The Balaban J connectivity index is 1.68. The maximum atomic E-state index is 3.62. The van der Waals surface area contributed by atoms with Crippen molar-refractivity contribution in [3.8, 4) is 0 Å². The first-order valence-corrected chi connectivity index (χ1v) is 6.04. The molecule has 1 heterocycles. The first-order chi connectivity index (χ1) is 6.54. The Bertz CT molecular complexity index is 191. The summed E-state index contributed by atoms with van der Waals surface area (Å²) in [5.74, 6) is 0.898. The van der Waals surface area contributed by atoms with E-state index in [9.17, 15) is 0 Å². The SMILES string of the molecule is CC(C)(C)NCC1CCN(C2CC2)C1. The van der Waals surface area contributed by atoms with Crippen molar-refractivity contribution in [2.45, 2.75) is 51.6 Å². The molecule has 0 radical (unpaired) electrons. The van der Waals surface area contributed by atoms with Crippen LogP contribution in [0.4, 0.5) is 0 Å². The van der Waals surface area contributed by atoms with Crippen molar-refractivity contribution in [3.63, 3.8) is 0 Å². The monoisotopic (exact) mass is 196 g/mol. The first kappa shape index (κ1) is 10.4. The minimum Gasteiger partial charge on any atom is -0.312 e. The molecular formula is C12H24N2. The Morgan fingerprint density at radius 1 is 1.21 bits per heavy atom. The van der Waals surface area contributed by atoms with E-state index in [1.54, 1.807) is 0 Å². The van der Waals surface area contributed by atoms with Crippen LogP contribution >= 0.6 is 0 Å². The van der Waals surface area contributed by atoms with Crippen molar-refractivity contribution in [2.24, 2.45) is 5.92 Å². The summed E-state index contributed by atoms with van der Waals surface area (Å²) in [4.78, 5) is 2.69. The summed E-state index contributed by atoms with van der Waals surface area (Å²) in [7, 11) is 0. The van der Waals surface area contributed by atoms with Gasteiger partial charge in [0.1, 0.15) is 0 Å². The molecule has 1 N–H and O–H groups in total. The molecule has 1 aliphatic heterocycles. The molecule has 2 aliphatic rings. The Hall–Kier alpha value is -0.0800. The number of nitrogens with zero attached hydrogens (tertiary/aromatic N) is 1. The number of hydrogen-bond acceptors (Lipinski definition) is 2. The lowest BCUT2D eigenvalue weighted by atomic mass is 10.1. The minimum atomic E-state index is 0.285. The van der Waals surface area contributed by atoms with E-state index in [4.69, 9.17) is 0 Å². The van der Waals surface area contributed by atoms with Gasteiger partial charge in [-0.3, -0.25) is 0 Å². The fourth-order valence-electron chi connectivity index (χ4n) is 2.25. The Morgan fingerprint density at radius 2 is 1.93 bits per heavy atom. The van der Waals surface area contributed by atoms with Gasteiger partial charge in [-0.2, -0.15) is 0 Å². The maximum Gasteiger partial charge on any atom is 0.00966 e. The second-order valence-electron chi connectivity index (χ2n) is 6.01. The fourth-order valence-corrected chi connectivity index (χ4v) is 2.25. The molecule has 0 aromatic carbocycles. The molecule has 82 valence electrons. The smallest absolute Gasteiger partial charge is 0.00966 e. The highest BCUT2D eigenvalue weighted by Gasteiger charge is 2.34. The van der Waals surface area contributed by atoms with Crippen molar-refractivity contribution in [3.05, 3.63) is 0 Å². The zero-order chi connectivity index (χ0) is 10.2. The van der Waals surface area contributed by atoms with Gasteiger partial charge in [-0.1, -0.05) is 0 Å². The standard InChI is InChI=1S/C12H24N2/c1-12(2,3)13-8-10-6-7-14(9-10)11-4-5-11/h10-11,13H,4-9H2,1-3H3. The molecule has 2 rings (SSSR count). The fraction of sp³-hybridized carbons (Fsp3) is 1.00. The summed E-state index contributed by atoms with van der Waals surface area (Å²) in [5, 5.41) is 3.62. The van der Waals surface area contributed by atoms with Crippen LogP contribution in [0.2, 0.25) is 0 Å². The van der Waals surface area contributed by atoms with Gasteiger partial charge in [0.25, 0.3) is 0 Å². The molecule has 2 nitrogen and oxygen atoms in total. The number of rotatable bonds is 3. The average Bonchev–Trinajstić information content (AvgIpc) is 2.81. The molecule has 0 aromatic rings. The van der Waals surface area contributed by atoms with Crippen molar-refractivity contribution >= 4 is 0 Å². The van der Waals surface area contributed by atoms with Gasteiger partial charge in [-0.15, -0.1) is 0 Å². The lowest BCUT2D eigenvalue weighted by Gasteiger charge is -2.23. The van der Waals surface area contributed by atoms with Gasteiger partial charge in [0.15, 0.2) is 0 Å². The second kappa shape index (κ2) is 3.82. The van der Waals surface area contributed by atoms with Crippen LogP contribution in [-0.2, 0) is 0 Å². The van der Waals surface area contributed by atoms with Crippen LogP contribution in [0.15, 0.2) is 0 Å². The van der Waals surface area contributed by atoms with E-state index in [1.165, 1.54) is 38.9 Å². The highest BCUT2D eigenvalue weighted by atomic mass is 15.2. The van der Waals surface area contributed by atoms with Crippen molar-refractivity contribution < 1.29 is 0 Å². The van der Waals surface area contributed by atoms with E-state index in [-0.39, 0.29) is 5.54 Å². The van der Waals surface area contributed by atoms with Crippen LogP contribution in [0, 0.1) is 5.92 Å². The van der Waals surface area contributed by atoms with Crippen LogP contribution in [-0.4, -0.2) is 36.1 Å². The van der Waals surface area contributed by atoms with Gasteiger partial charge >= 0.3 is 0 Å². The molecular weight excluding hydrogens is 172 g/mol. The van der Waals surface area contributed by atoms with Crippen LogP contribution in [0.3, 0.4) is 0 Å². The molecule has 0 bridgehead atoms. The molecule has 0 spiro atoms. The van der Waals surface area contributed by atoms with Crippen molar-refractivity contribution in [1.82, 2.24) is 10.2 Å². The third kappa shape index (κ3) is 2.96. The van der Waals surface area contributed by atoms with E-state index in [0.717, 1.165) is 12.0 Å². The van der Waals surface area contributed by atoms with Gasteiger partial charge in [0, 0.05) is 18.1 Å². The summed E-state index contributed by atoms with van der Waals surface area (Å²) in [6.45, 7) is 10.6. The van der Waals surface area contributed by atoms with Gasteiger partial charge < -0.3 is 10.2 Å². The lowest BCUT2D eigenvalue weighted by Crippen LogP contribution is -2.39. The molecule has 1 unspecified atom stereocenters. The molecule has 1 saturated carbocycles. The molecule has 14 heavy (non-hydrogen) atoms. The third-order valence-electron chi connectivity index (χ3n) is 3.30.